The van der Waals surface area contributed by atoms with Crippen molar-refractivity contribution in [1.82, 2.24) is 0 Å². The van der Waals surface area contributed by atoms with E-state index in [1.807, 2.05) is 55.5 Å². The lowest BCUT2D eigenvalue weighted by Gasteiger charge is -2.42. The number of nitrogens with one attached hydrogen (secondary N) is 1. The van der Waals surface area contributed by atoms with Gasteiger partial charge >= 0.3 is 0 Å². The molecule has 1 amide bonds. The van der Waals surface area contributed by atoms with Gasteiger partial charge in [0.1, 0.15) is 23.4 Å². The molecule has 0 bridgehead atoms. The second-order valence-electron chi connectivity index (χ2n) is 9.48. The van der Waals surface area contributed by atoms with Gasteiger partial charge in [0.15, 0.2) is 0 Å². The number of carbonyl (C=O) groups excluding carboxylic acids is 1. The van der Waals surface area contributed by atoms with Gasteiger partial charge in [-0.15, -0.1) is 0 Å². The first kappa shape index (κ1) is 24.2. The van der Waals surface area contributed by atoms with Crippen molar-refractivity contribution < 1.29 is 23.7 Å². The smallest absolute Gasteiger partial charge is 0.259 e. The van der Waals surface area contributed by atoms with Gasteiger partial charge in [-0.1, -0.05) is 37.1 Å². The number of hydrogen-bond donors (Lipinski definition) is 1. The third-order valence-electron chi connectivity index (χ3n) is 7.40. The summed E-state index contributed by atoms with van der Waals surface area (Å²) in [6, 6.07) is 17.4. The fourth-order valence-corrected chi connectivity index (χ4v) is 5.76. The quantitative estimate of drug-likeness (QED) is 0.435. The molecule has 0 unspecified atom stereocenters. The molecule has 6 heteroatoms. The van der Waals surface area contributed by atoms with Gasteiger partial charge in [-0.3, -0.25) is 4.79 Å². The van der Waals surface area contributed by atoms with Gasteiger partial charge in [-0.25, -0.2) is 0 Å². The van der Waals surface area contributed by atoms with Crippen molar-refractivity contribution in [2.24, 2.45) is 0 Å². The van der Waals surface area contributed by atoms with Gasteiger partial charge in [0.2, 0.25) is 0 Å². The van der Waals surface area contributed by atoms with Crippen LogP contribution >= 0.6 is 0 Å². The molecule has 3 aromatic rings. The van der Waals surface area contributed by atoms with Gasteiger partial charge in [-0.05, 0) is 61.2 Å². The SMILES string of the molecule is COc1ccc(OC)c2c1[C@@H](c1cccc(NC(=O)c3cccc(C)c3OC)c1)O[C@@H]1CCCC[C@H]21. The number of rotatable bonds is 6. The van der Waals surface area contributed by atoms with Crippen molar-refractivity contribution in [3.63, 3.8) is 0 Å². The van der Waals surface area contributed by atoms with Gasteiger partial charge < -0.3 is 24.3 Å². The van der Waals surface area contributed by atoms with Crippen molar-refractivity contribution >= 4 is 11.6 Å². The molecule has 5 rings (SSSR count). The van der Waals surface area contributed by atoms with Crippen LogP contribution in [-0.2, 0) is 4.74 Å². The van der Waals surface area contributed by atoms with Crippen molar-refractivity contribution in [3.05, 3.63) is 82.4 Å². The largest absolute Gasteiger partial charge is 0.496 e. The number of carbonyl (C=O) groups is 1. The molecule has 1 saturated carbocycles. The predicted octanol–water partition coefficient (Wildman–Crippen LogP) is 6.42. The topological polar surface area (TPSA) is 66.0 Å². The molecular formula is C30H33NO5. The molecule has 3 aromatic carbocycles. The van der Waals surface area contributed by atoms with Gasteiger partial charge in [0.05, 0.1) is 33.0 Å². The lowest BCUT2D eigenvalue weighted by atomic mass is 9.75. The maximum Gasteiger partial charge on any atom is 0.259 e. The molecule has 1 aliphatic carbocycles. The van der Waals surface area contributed by atoms with Crippen molar-refractivity contribution in [1.29, 1.82) is 0 Å². The van der Waals surface area contributed by atoms with Crippen LogP contribution in [0.15, 0.2) is 54.6 Å². The number of para-hydroxylation sites is 1. The number of fused-ring (bicyclic) bond motifs is 3. The molecule has 0 spiro atoms. The zero-order valence-corrected chi connectivity index (χ0v) is 21.3. The Bertz CT molecular complexity index is 1270. The fourth-order valence-electron chi connectivity index (χ4n) is 5.76. The summed E-state index contributed by atoms with van der Waals surface area (Å²) in [5.41, 5.74) is 5.27. The Labute approximate surface area is 212 Å². The number of methoxy groups -OCH3 is 3. The van der Waals surface area contributed by atoms with E-state index in [2.05, 4.69) is 5.32 Å². The molecule has 1 N–H and O–H groups in total. The lowest BCUT2D eigenvalue weighted by Crippen LogP contribution is -2.34. The fraction of sp³-hybridized carbons (Fsp3) is 0.367. The molecule has 2 aliphatic rings. The maximum absolute atomic E-state index is 13.1. The molecule has 3 atom stereocenters. The number of aryl methyl sites for hydroxylation is 1. The summed E-state index contributed by atoms with van der Waals surface area (Å²) < 4.78 is 23.9. The second kappa shape index (κ2) is 10.2. The zero-order chi connectivity index (χ0) is 25.2. The molecule has 1 aliphatic heterocycles. The molecule has 36 heavy (non-hydrogen) atoms. The summed E-state index contributed by atoms with van der Waals surface area (Å²) in [5, 5.41) is 3.04. The Morgan fingerprint density at radius 3 is 2.36 bits per heavy atom. The van der Waals surface area contributed by atoms with Crippen molar-refractivity contribution in [2.75, 3.05) is 26.6 Å². The van der Waals surface area contributed by atoms with E-state index in [0.717, 1.165) is 47.5 Å². The normalized spacial score (nSPS) is 20.6. The summed E-state index contributed by atoms with van der Waals surface area (Å²) in [5.74, 6) is 2.32. The number of hydrogen-bond acceptors (Lipinski definition) is 5. The molecular weight excluding hydrogens is 454 g/mol. The molecule has 6 nitrogen and oxygen atoms in total. The minimum absolute atomic E-state index is 0.118. The third-order valence-corrected chi connectivity index (χ3v) is 7.40. The highest BCUT2D eigenvalue weighted by molar-refractivity contribution is 6.06. The summed E-state index contributed by atoms with van der Waals surface area (Å²) in [6.07, 6.45) is 4.22. The van der Waals surface area contributed by atoms with Crippen LogP contribution in [-0.4, -0.2) is 33.3 Å². The van der Waals surface area contributed by atoms with E-state index in [4.69, 9.17) is 18.9 Å². The summed E-state index contributed by atoms with van der Waals surface area (Å²) in [4.78, 5) is 13.1. The first-order valence-electron chi connectivity index (χ1n) is 12.5. The van der Waals surface area contributed by atoms with Crippen LogP contribution < -0.4 is 19.5 Å². The van der Waals surface area contributed by atoms with Crippen LogP contribution in [0.5, 0.6) is 17.2 Å². The van der Waals surface area contributed by atoms with E-state index in [-0.39, 0.29) is 24.0 Å². The minimum Gasteiger partial charge on any atom is -0.496 e. The molecule has 0 aromatic heterocycles. The average molecular weight is 488 g/mol. The number of anilines is 1. The van der Waals surface area contributed by atoms with Crippen molar-refractivity contribution in [3.8, 4) is 17.2 Å². The van der Waals surface area contributed by atoms with E-state index >= 15 is 0 Å². The predicted molar refractivity (Wildman–Crippen MR) is 140 cm³/mol. The van der Waals surface area contributed by atoms with Crippen LogP contribution in [0, 0.1) is 6.92 Å². The van der Waals surface area contributed by atoms with Gasteiger partial charge in [-0.2, -0.15) is 0 Å². The Morgan fingerprint density at radius 2 is 1.61 bits per heavy atom. The summed E-state index contributed by atoms with van der Waals surface area (Å²) in [7, 11) is 5.00. The Hall–Kier alpha value is -3.51. The highest BCUT2D eigenvalue weighted by Crippen LogP contribution is 2.53. The third kappa shape index (κ3) is 4.30. The molecule has 0 saturated heterocycles. The number of benzene rings is 3. The summed E-state index contributed by atoms with van der Waals surface area (Å²) >= 11 is 0. The van der Waals surface area contributed by atoms with Crippen LogP contribution in [0.4, 0.5) is 5.69 Å². The molecule has 1 heterocycles. The van der Waals surface area contributed by atoms with E-state index in [1.165, 1.54) is 12.0 Å². The van der Waals surface area contributed by atoms with E-state index in [9.17, 15) is 4.79 Å². The van der Waals surface area contributed by atoms with Crippen LogP contribution in [0.3, 0.4) is 0 Å². The second-order valence-corrected chi connectivity index (χ2v) is 9.48. The highest BCUT2D eigenvalue weighted by Gasteiger charge is 2.41. The summed E-state index contributed by atoms with van der Waals surface area (Å²) in [6.45, 7) is 1.92. The molecule has 188 valence electrons. The Kier molecular flexibility index (Phi) is 6.88. The van der Waals surface area contributed by atoms with E-state index in [0.29, 0.717) is 17.0 Å². The maximum atomic E-state index is 13.1. The Balaban J connectivity index is 1.53. The van der Waals surface area contributed by atoms with Crippen molar-refractivity contribution in [2.45, 2.75) is 50.7 Å². The standard InChI is InChI=1S/C30H33NO5/c1-18-9-7-13-22(28(18)35-4)30(32)31-20-11-8-10-19(17-20)29-27-25(34-3)16-15-24(33-2)26(27)21-12-5-6-14-23(21)36-29/h7-11,13,15-17,21,23,29H,5-6,12,14H2,1-4H3,(H,31,32)/t21-,23+,29+/m0/s1. The first-order chi connectivity index (χ1) is 17.5. The average Bonchev–Trinajstić information content (AvgIpc) is 2.91. The van der Waals surface area contributed by atoms with Gasteiger partial charge in [0, 0.05) is 22.7 Å². The molecule has 0 radical (unpaired) electrons. The van der Waals surface area contributed by atoms with E-state index in [1.54, 1.807) is 27.4 Å². The first-order valence-corrected chi connectivity index (χ1v) is 12.5. The number of amides is 1. The number of ether oxygens (including phenoxy) is 4. The Morgan fingerprint density at radius 1 is 0.889 bits per heavy atom. The minimum atomic E-state index is -0.324. The zero-order valence-electron chi connectivity index (χ0n) is 21.3. The lowest BCUT2D eigenvalue weighted by molar-refractivity contribution is -0.0406. The van der Waals surface area contributed by atoms with Crippen LogP contribution in [0.2, 0.25) is 0 Å². The monoisotopic (exact) mass is 487 g/mol. The van der Waals surface area contributed by atoms with E-state index < -0.39 is 0 Å². The molecule has 1 fully saturated rings. The van der Waals surface area contributed by atoms with Crippen LogP contribution in [0.1, 0.15) is 70.3 Å². The van der Waals surface area contributed by atoms with Crippen LogP contribution in [0.25, 0.3) is 0 Å². The van der Waals surface area contributed by atoms with Gasteiger partial charge in [0.25, 0.3) is 5.91 Å². The highest BCUT2D eigenvalue weighted by atomic mass is 16.5.